The quantitative estimate of drug-likeness (QED) is 0.242. The molecule has 4 aromatic rings. The second-order valence-corrected chi connectivity index (χ2v) is 13.8. The molecule has 49 heavy (non-hydrogen) atoms. The minimum atomic E-state index is -0.120. The van der Waals surface area contributed by atoms with Crippen molar-refractivity contribution in [3.05, 3.63) is 87.6 Å². The molecule has 11 nitrogen and oxygen atoms in total. The maximum atomic E-state index is 14.6. The number of hydrogen-bond acceptors (Lipinski definition) is 8. The van der Waals surface area contributed by atoms with E-state index in [2.05, 4.69) is 76.6 Å². The fourth-order valence-corrected chi connectivity index (χ4v) is 7.89. The SMILES string of the molecule is CCCc1c(Cc2ccc(-c3ccccc3)c(C3=NNC(=O)C3)c2)c(=O)n(C2CCC(OCCN3C[C@@H](C)O[C@@H](C)C3)CC2)c2ncnn12. The molecule has 1 aliphatic carbocycles. The molecule has 2 aromatic carbocycles. The molecule has 2 aliphatic heterocycles. The maximum absolute atomic E-state index is 14.6. The Morgan fingerprint density at radius 3 is 2.47 bits per heavy atom. The monoisotopic (exact) mass is 665 g/mol. The molecule has 7 rings (SSSR count). The number of morpholine rings is 1. The van der Waals surface area contributed by atoms with Gasteiger partial charge in [0.15, 0.2) is 0 Å². The molecule has 2 atom stereocenters. The number of rotatable bonds is 11. The first kappa shape index (κ1) is 33.3. The lowest BCUT2D eigenvalue weighted by atomic mass is 9.91. The summed E-state index contributed by atoms with van der Waals surface area (Å²) in [5.74, 6) is 0.493. The Kier molecular flexibility index (Phi) is 10.0. The summed E-state index contributed by atoms with van der Waals surface area (Å²) in [6, 6.07) is 16.4. The van der Waals surface area contributed by atoms with Crippen LogP contribution in [0.5, 0.6) is 0 Å². The van der Waals surface area contributed by atoms with Crippen LogP contribution in [0.4, 0.5) is 0 Å². The van der Waals surface area contributed by atoms with Gasteiger partial charge in [-0.25, -0.2) is 9.94 Å². The van der Waals surface area contributed by atoms with Crippen LogP contribution in [-0.2, 0) is 27.1 Å². The highest BCUT2D eigenvalue weighted by Crippen LogP contribution is 2.32. The number of carbonyl (C=O) groups excluding carboxylic acids is 1. The molecule has 0 bridgehead atoms. The van der Waals surface area contributed by atoms with Crippen LogP contribution in [0.25, 0.3) is 16.9 Å². The Morgan fingerprint density at radius 1 is 0.980 bits per heavy atom. The van der Waals surface area contributed by atoms with Crippen LogP contribution >= 0.6 is 0 Å². The van der Waals surface area contributed by atoms with Gasteiger partial charge in [-0.15, -0.1) is 0 Å². The zero-order chi connectivity index (χ0) is 33.9. The number of hydrazone groups is 1. The van der Waals surface area contributed by atoms with Crippen LogP contribution in [-0.4, -0.2) is 80.2 Å². The third-order valence-corrected chi connectivity index (χ3v) is 10.1. The number of hydrogen-bond donors (Lipinski definition) is 1. The Morgan fingerprint density at radius 2 is 1.76 bits per heavy atom. The van der Waals surface area contributed by atoms with Crippen molar-refractivity contribution in [2.45, 2.75) is 96.5 Å². The summed E-state index contributed by atoms with van der Waals surface area (Å²) in [4.78, 5) is 33.8. The van der Waals surface area contributed by atoms with E-state index in [1.165, 1.54) is 0 Å². The standard InChI is InChI=1S/C38H47N7O4/c1-4-8-35-33(20-27-11-16-31(28-9-6-5-7-10-28)32(19-27)34-21-36(46)42-41-34)37(47)44(38-39-24-40-45(35)38)29-12-14-30(15-13-29)48-18-17-43-22-25(2)49-26(3)23-43/h5-7,9-11,16,19,24-26,29-30H,4,8,12-15,17-18,20-23H2,1-3H3,(H,42,46)/t25-,26+,29?,30?. The van der Waals surface area contributed by atoms with Crippen LogP contribution in [0, 0.1) is 0 Å². The normalized spacial score (nSPS) is 23.2. The van der Waals surface area contributed by atoms with E-state index in [4.69, 9.17) is 9.47 Å². The summed E-state index contributed by atoms with van der Waals surface area (Å²) in [5, 5.41) is 8.99. The van der Waals surface area contributed by atoms with E-state index in [0.717, 1.165) is 85.2 Å². The summed E-state index contributed by atoms with van der Waals surface area (Å²) in [6.45, 7) is 9.88. The molecule has 1 N–H and O–H groups in total. The van der Waals surface area contributed by atoms with Gasteiger partial charge in [0.2, 0.25) is 11.7 Å². The molecule has 4 heterocycles. The lowest BCUT2D eigenvalue weighted by molar-refractivity contribution is -0.119. The maximum Gasteiger partial charge on any atom is 0.259 e. The fraction of sp³-hybridized carbons (Fsp3) is 0.500. The van der Waals surface area contributed by atoms with Gasteiger partial charge in [-0.05, 0) is 68.7 Å². The Hall–Kier alpha value is -4.19. The van der Waals surface area contributed by atoms with Crippen molar-refractivity contribution in [3.63, 3.8) is 0 Å². The molecule has 0 unspecified atom stereocenters. The lowest BCUT2D eigenvalue weighted by Crippen LogP contribution is -2.46. The van der Waals surface area contributed by atoms with Crippen LogP contribution in [0.3, 0.4) is 0 Å². The summed E-state index contributed by atoms with van der Waals surface area (Å²) < 4.78 is 16.0. The molecule has 2 aromatic heterocycles. The molecule has 0 radical (unpaired) electrons. The molecule has 1 saturated carbocycles. The van der Waals surface area contributed by atoms with Gasteiger partial charge < -0.3 is 9.47 Å². The average molecular weight is 666 g/mol. The number of nitrogens with zero attached hydrogens (tertiary/aromatic N) is 6. The molecule has 2 fully saturated rings. The zero-order valence-electron chi connectivity index (χ0n) is 28.8. The van der Waals surface area contributed by atoms with Gasteiger partial charge in [-0.1, -0.05) is 55.8 Å². The molecular formula is C38H47N7O4. The van der Waals surface area contributed by atoms with E-state index in [9.17, 15) is 9.59 Å². The first-order chi connectivity index (χ1) is 23.9. The number of nitrogens with one attached hydrogen (secondary N) is 1. The smallest absolute Gasteiger partial charge is 0.259 e. The van der Waals surface area contributed by atoms with E-state index in [1.807, 2.05) is 27.3 Å². The minimum absolute atomic E-state index is 0.00705. The Bertz CT molecular complexity index is 1870. The molecular weight excluding hydrogens is 618 g/mol. The third kappa shape index (κ3) is 7.25. The van der Waals surface area contributed by atoms with Crippen molar-refractivity contribution in [2.24, 2.45) is 5.10 Å². The highest BCUT2D eigenvalue weighted by atomic mass is 16.5. The third-order valence-electron chi connectivity index (χ3n) is 10.1. The Labute approximate surface area is 287 Å². The van der Waals surface area contributed by atoms with Crippen molar-refractivity contribution in [3.8, 4) is 11.1 Å². The van der Waals surface area contributed by atoms with E-state index in [-0.39, 0.29) is 42.2 Å². The predicted octanol–water partition coefficient (Wildman–Crippen LogP) is 4.93. The largest absolute Gasteiger partial charge is 0.377 e. The van der Waals surface area contributed by atoms with Crippen molar-refractivity contribution in [2.75, 3.05) is 26.2 Å². The van der Waals surface area contributed by atoms with Crippen LogP contribution in [0.15, 0.2) is 64.8 Å². The molecule has 1 saturated heterocycles. The summed E-state index contributed by atoms with van der Waals surface area (Å²) in [6.07, 6.45) is 8.01. The number of benzene rings is 2. The van der Waals surface area contributed by atoms with Gasteiger partial charge >= 0.3 is 0 Å². The van der Waals surface area contributed by atoms with E-state index in [1.54, 1.807) is 6.33 Å². The van der Waals surface area contributed by atoms with Crippen LogP contribution in [0.2, 0.25) is 0 Å². The van der Waals surface area contributed by atoms with Gasteiger partial charge in [-0.2, -0.15) is 15.2 Å². The summed E-state index contributed by atoms with van der Waals surface area (Å²) in [5.41, 5.74) is 8.91. The first-order valence-electron chi connectivity index (χ1n) is 17.9. The van der Waals surface area contributed by atoms with Gasteiger partial charge in [0.1, 0.15) is 6.33 Å². The first-order valence-corrected chi connectivity index (χ1v) is 17.9. The van der Waals surface area contributed by atoms with Gasteiger partial charge in [0.25, 0.3) is 5.56 Å². The number of carbonyl (C=O) groups is 1. The molecule has 3 aliphatic rings. The lowest BCUT2D eigenvalue weighted by Gasteiger charge is -2.36. The number of aromatic nitrogens is 4. The van der Waals surface area contributed by atoms with E-state index in [0.29, 0.717) is 30.9 Å². The summed E-state index contributed by atoms with van der Waals surface area (Å²) in [7, 11) is 0. The number of aryl methyl sites for hydroxylation is 1. The predicted molar refractivity (Wildman–Crippen MR) is 189 cm³/mol. The van der Waals surface area contributed by atoms with E-state index < -0.39 is 0 Å². The van der Waals surface area contributed by atoms with Crippen LogP contribution < -0.4 is 11.0 Å². The molecule has 1 amide bonds. The highest BCUT2D eigenvalue weighted by molar-refractivity contribution is 6.16. The van der Waals surface area contributed by atoms with Crippen molar-refractivity contribution in [1.29, 1.82) is 0 Å². The zero-order valence-corrected chi connectivity index (χ0v) is 28.8. The van der Waals surface area contributed by atoms with Crippen molar-refractivity contribution >= 4 is 17.4 Å². The highest BCUT2D eigenvalue weighted by Gasteiger charge is 2.29. The molecule has 258 valence electrons. The molecule has 0 spiro atoms. The minimum Gasteiger partial charge on any atom is -0.377 e. The Balaban J connectivity index is 1.14. The van der Waals surface area contributed by atoms with Gasteiger partial charge in [-0.3, -0.25) is 19.1 Å². The van der Waals surface area contributed by atoms with Gasteiger partial charge in [0.05, 0.1) is 42.7 Å². The number of ether oxygens (including phenoxy) is 2. The van der Waals surface area contributed by atoms with Crippen LogP contribution in [0.1, 0.15) is 87.7 Å². The number of fused-ring (bicyclic) bond motifs is 1. The van der Waals surface area contributed by atoms with E-state index >= 15 is 0 Å². The van der Waals surface area contributed by atoms with Crippen molar-refractivity contribution < 1.29 is 14.3 Å². The van der Waals surface area contributed by atoms with Crippen molar-refractivity contribution in [1.82, 2.24) is 29.5 Å². The second kappa shape index (κ2) is 14.7. The topological polar surface area (TPSA) is 115 Å². The fourth-order valence-electron chi connectivity index (χ4n) is 7.89. The van der Waals surface area contributed by atoms with Gasteiger partial charge in [0, 0.05) is 43.2 Å². The number of amides is 1. The summed E-state index contributed by atoms with van der Waals surface area (Å²) >= 11 is 0. The average Bonchev–Trinajstić information content (AvgIpc) is 3.76. The molecule has 11 heteroatoms. The second-order valence-electron chi connectivity index (χ2n) is 13.8.